The quantitative estimate of drug-likeness (QED) is 0.119. The molecule has 0 saturated carbocycles. The van der Waals surface area contributed by atoms with Crippen molar-refractivity contribution in [3.63, 3.8) is 0 Å². The van der Waals surface area contributed by atoms with Gasteiger partial charge < -0.3 is 9.47 Å². The molecule has 0 aliphatic rings. The number of carbonyl (C=O) groups is 2. The van der Waals surface area contributed by atoms with Gasteiger partial charge in [0, 0.05) is 32.9 Å². The first-order chi connectivity index (χ1) is 17.4. The standard InChI is InChI=1S/C26H28Br2N4O4/c1-3-13-35-23-11-9-21(27)15-19(23)17-29-31-25(33)7-5-6-8-26(34)32-30-18-20-16-22(28)10-12-24(20)36-14-4-2/h3-4,9-12,15-18H,1-2,5-8,13-14H2,(H,31,33)(H,32,34)/b29-17-,30-18-. The maximum Gasteiger partial charge on any atom is 0.240 e. The van der Waals surface area contributed by atoms with E-state index in [4.69, 9.17) is 9.47 Å². The van der Waals surface area contributed by atoms with Crippen LogP contribution in [0.15, 0.2) is 80.9 Å². The van der Waals surface area contributed by atoms with E-state index in [0.717, 1.165) is 8.95 Å². The highest BCUT2D eigenvalue weighted by molar-refractivity contribution is 9.10. The van der Waals surface area contributed by atoms with Crippen molar-refractivity contribution >= 4 is 56.1 Å². The molecule has 0 unspecified atom stereocenters. The molecular formula is C26H28Br2N4O4. The molecular weight excluding hydrogens is 592 g/mol. The van der Waals surface area contributed by atoms with Crippen molar-refractivity contribution in [2.75, 3.05) is 13.2 Å². The predicted octanol–water partition coefficient (Wildman–Crippen LogP) is 5.50. The Bertz CT molecular complexity index is 1030. The van der Waals surface area contributed by atoms with E-state index in [0.29, 0.717) is 48.7 Å². The molecule has 8 nitrogen and oxygen atoms in total. The van der Waals surface area contributed by atoms with Crippen LogP contribution in [0.4, 0.5) is 0 Å². The first-order valence-electron chi connectivity index (χ1n) is 11.1. The van der Waals surface area contributed by atoms with E-state index in [-0.39, 0.29) is 24.7 Å². The molecule has 0 fully saturated rings. The van der Waals surface area contributed by atoms with E-state index < -0.39 is 0 Å². The number of halogens is 2. The van der Waals surface area contributed by atoms with Crippen LogP contribution >= 0.6 is 31.9 Å². The zero-order valence-corrected chi connectivity index (χ0v) is 22.9. The minimum atomic E-state index is -0.241. The zero-order valence-electron chi connectivity index (χ0n) is 19.7. The second-order valence-electron chi connectivity index (χ2n) is 7.36. The zero-order chi connectivity index (χ0) is 26.2. The lowest BCUT2D eigenvalue weighted by Crippen LogP contribution is -2.19. The second kappa shape index (κ2) is 16.4. The summed E-state index contributed by atoms with van der Waals surface area (Å²) in [5.41, 5.74) is 6.41. The van der Waals surface area contributed by atoms with Crippen LogP contribution in [0, 0.1) is 0 Å². The second-order valence-corrected chi connectivity index (χ2v) is 9.19. The predicted molar refractivity (Wildman–Crippen MR) is 150 cm³/mol. The van der Waals surface area contributed by atoms with Gasteiger partial charge in [-0.25, -0.2) is 10.9 Å². The first-order valence-corrected chi connectivity index (χ1v) is 12.7. The van der Waals surface area contributed by atoms with Gasteiger partial charge in [0.05, 0.1) is 12.4 Å². The Morgan fingerprint density at radius 1 is 0.778 bits per heavy atom. The first kappa shape index (κ1) is 29.0. The van der Waals surface area contributed by atoms with Gasteiger partial charge in [-0.3, -0.25) is 9.59 Å². The Hall–Kier alpha value is -3.24. The van der Waals surface area contributed by atoms with Crippen molar-refractivity contribution in [1.29, 1.82) is 0 Å². The monoisotopic (exact) mass is 618 g/mol. The Kier molecular flexibility index (Phi) is 13.2. The van der Waals surface area contributed by atoms with Gasteiger partial charge in [0.1, 0.15) is 24.7 Å². The molecule has 36 heavy (non-hydrogen) atoms. The van der Waals surface area contributed by atoms with Gasteiger partial charge in [0.15, 0.2) is 0 Å². The molecule has 2 amide bonds. The van der Waals surface area contributed by atoms with Crippen molar-refractivity contribution in [3.05, 3.63) is 81.8 Å². The summed E-state index contributed by atoms with van der Waals surface area (Å²) in [6, 6.07) is 11.0. The minimum absolute atomic E-state index is 0.241. The lowest BCUT2D eigenvalue weighted by molar-refractivity contribution is -0.123. The summed E-state index contributed by atoms with van der Waals surface area (Å²) in [7, 11) is 0. The Morgan fingerprint density at radius 2 is 1.19 bits per heavy atom. The van der Waals surface area contributed by atoms with E-state index in [1.807, 2.05) is 24.3 Å². The van der Waals surface area contributed by atoms with Gasteiger partial charge in [-0.15, -0.1) is 0 Å². The summed E-state index contributed by atoms with van der Waals surface area (Å²) in [6.45, 7) is 7.99. The number of rotatable bonds is 15. The average Bonchev–Trinajstić information content (AvgIpc) is 2.85. The molecule has 2 aromatic carbocycles. The smallest absolute Gasteiger partial charge is 0.240 e. The van der Waals surface area contributed by atoms with Gasteiger partial charge >= 0.3 is 0 Å². The third-order valence-electron chi connectivity index (χ3n) is 4.50. The molecule has 0 saturated heterocycles. The topological polar surface area (TPSA) is 101 Å². The maximum absolute atomic E-state index is 12.0. The van der Waals surface area contributed by atoms with Crippen LogP contribution in [0.2, 0.25) is 0 Å². The van der Waals surface area contributed by atoms with Crippen LogP contribution in [0.25, 0.3) is 0 Å². The highest BCUT2D eigenvalue weighted by Crippen LogP contribution is 2.22. The fourth-order valence-electron chi connectivity index (χ4n) is 2.83. The van der Waals surface area contributed by atoms with Crippen molar-refractivity contribution < 1.29 is 19.1 Å². The molecule has 2 aromatic rings. The van der Waals surface area contributed by atoms with Gasteiger partial charge in [0.2, 0.25) is 11.8 Å². The van der Waals surface area contributed by atoms with Crippen LogP contribution in [-0.2, 0) is 9.59 Å². The van der Waals surface area contributed by atoms with Crippen molar-refractivity contribution in [2.24, 2.45) is 10.2 Å². The van der Waals surface area contributed by atoms with E-state index in [2.05, 4.69) is 66.1 Å². The normalized spacial score (nSPS) is 10.8. The van der Waals surface area contributed by atoms with Gasteiger partial charge in [-0.05, 0) is 49.2 Å². The molecule has 0 aliphatic heterocycles. The van der Waals surface area contributed by atoms with Gasteiger partial charge in [-0.2, -0.15) is 10.2 Å². The number of nitrogens with one attached hydrogen (secondary N) is 2. The van der Waals surface area contributed by atoms with E-state index in [1.54, 1.807) is 24.3 Å². The number of hydrogen-bond donors (Lipinski definition) is 2. The molecule has 2 N–H and O–H groups in total. The number of hydrazone groups is 2. The third-order valence-corrected chi connectivity index (χ3v) is 5.49. The maximum atomic E-state index is 12.0. The van der Waals surface area contributed by atoms with Crippen molar-refractivity contribution in [2.45, 2.75) is 25.7 Å². The van der Waals surface area contributed by atoms with E-state index >= 15 is 0 Å². The molecule has 0 radical (unpaired) electrons. The molecule has 2 rings (SSSR count). The van der Waals surface area contributed by atoms with E-state index in [9.17, 15) is 9.59 Å². The Morgan fingerprint density at radius 3 is 1.58 bits per heavy atom. The van der Waals surface area contributed by atoms with Crippen LogP contribution < -0.4 is 20.3 Å². The summed E-state index contributed by atoms with van der Waals surface area (Å²) in [6.07, 6.45) is 7.90. The van der Waals surface area contributed by atoms with Gasteiger partial charge in [-0.1, -0.05) is 57.2 Å². The molecule has 10 heteroatoms. The fraction of sp³-hybridized carbons (Fsp3) is 0.231. The number of nitrogens with zero attached hydrogens (tertiary/aromatic N) is 2. The van der Waals surface area contributed by atoms with Crippen molar-refractivity contribution in [3.8, 4) is 11.5 Å². The van der Waals surface area contributed by atoms with Crippen LogP contribution in [-0.4, -0.2) is 37.5 Å². The third kappa shape index (κ3) is 11.0. The number of benzene rings is 2. The largest absolute Gasteiger partial charge is 0.489 e. The summed E-state index contributed by atoms with van der Waals surface area (Å²) >= 11 is 6.81. The number of amides is 2. The fourth-order valence-corrected chi connectivity index (χ4v) is 3.59. The number of carbonyl (C=O) groups excluding carboxylic acids is 2. The SMILES string of the molecule is C=CCOc1ccc(Br)cc1/C=N\NC(=O)CCCCC(=O)N/N=C\c1cc(Br)ccc1OCC=C. The molecule has 0 spiro atoms. The Balaban J connectivity index is 1.71. The van der Waals surface area contributed by atoms with Crippen LogP contribution in [0.1, 0.15) is 36.8 Å². The molecule has 0 atom stereocenters. The number of hydrogen-bond acceptors (Lipinski definition) is 6. The molecule has 0 aliphatic carbocycles. The summed E-state index contributed by atoms with van der Waals surface area (Å²) in [5.74, 6) is 0.778. The highest BCUT2D eigenvalue weighted by Gasteiger charge is 2.06. The van der Waals surface area contributed by atoms with E-state index in [1.165, 1.54) is 12.4 Å². The van der Waals surface area contributed by atoms with Crippen LogP contribution in [0.3, 0.4) is 0 Å². The lowest BCUT2D eigenvalue weighted by atomic mass is 10.2. The summed E-state index contributed by atoms with van der Waals surface area (Å²) in [5, 5.41) is 8.00. The molecule has 190 valence electrons. The lowest BCUT2D eigenvalue weighted by Gasteiger charge is -2.07. The summed E-state index contributed by atoms with van der Waals surface area (Å²) in [4.78, 5) is 24.1. The van der Waals surface area contributed by atoms with Gasteiger partial charge in [0.25, 0.3) is 0 Å². The molecule has 0 aromatic heterocycles. The minimum Gasteiger partial charge on any atom is -0.489 e. The average molecular weight is 620 g/mol. The molecule has 0 bridgehead atoms. The summed E-state index contributed by atoms with van der Waals surface area (Å²) < 4.78 is 12.9. The number of unbranched alkanes of at least 4 members (excludes halogenated alkanes) is 1. The Labute approximate surface area is 227 Å². The van der Waals surface area contributed by atoms with Crippen LogP contribution in [0.5, 0.6) is 11.5 Å². The van der Waals surface area contributed by atoms with Crippen molar-refractivity contribution in [1.82, 2.24) is 10.9 Å². The molecule has 0 heterocycles. The number of ether oxygens (including phenoxy) is 2. The highest BCUT2D eigenvalue weighted by atomic mass is 79.9.